The van der Waals surface area contributed by atoms with Crippen LogP contribution in [0.5, 0.6) is 0 Å². The molecule has 1 aliphatic rings. The van der Waals surface area contributed by atoms with Crippen LogP contribution in [0.3, 0.4) is 0 Å². The Morgan fingerprint density at radius 2 is 2.15 bits per heavy atom. The van der Waals surface area contributed by atoms with Crippen molar-refractivity contribution in [2.24, 2.45) is 4.99 Å². The van der Waals surface area contributed by atoms with Gasteiger partial charge >= 0.3 is 0 Å². The first-order valence-electron chi connectivity index (χ1n) is 9.62. The number of thiazole rings is 1. The van der Waals surface area contributed by atoms with Gasteiger partial charge in [0.15, 0.2) is 5.96 Å². The number of aliphatic imine (C=N–C) groups is 1. The number of nitrogens with zero attached hydrogens (tertiary/aromatic N) is 2. The lowest BCUT2D eigenvalue weighted by Gasteiger charge is -2.30. The molecule has 1 aromatic rings. The van der Waals surface area contributed by atoms with E-state index in [9.17, 15) is 4.21 Å². The fourth-order valence-corrected chi connectivity index (χ4v) is 5.57. The molecule has 1 aliphatic carbocycles. The standard InChI is InChI=1S/C19H34N4OS2.HI/c1-6-26(24)15-9-7-8-14(12-15)22-18(20-5)21-11-10-17-23-16(13-25-17)19(2,3)4;/h13-15H,6-12H2,1-5H3,(H2,20,21,22);1H. The van der Waals surface area contributed by atoms with Crippen molar-refractivity contribution in [2.75, 3.05) is 19.3 Å². The molecular weight excluding hydrogens is 491 g/mol. The Bertz CT molecular complexity index is 627. The van der Waals surface area contributed by atoms with Gasteiger partial charge in [-0.1, -0.05) is 34.1 Å². The van der Waals surface area contributed by atoms with Crippen molar-refractivity contribution in [1.29, 1.82) is 0 Å². The minimum absolute atomic E-state index is 0. The normalized spacial score (nSPS) is 22.0. The summed E-state index contributed by atoms with van der Waals surface area (Å²) in [6, 6.07) is 0.364. The minimum atomic E-state index is -0.693. The van der Waals surface area contributed by atoms with Crippen molar-refractivity contribution in [3.63, 3.8) is 0 Å². The lowest BCUT2D eigenvalue weighted by atomic mass is 9.93. The molecule has 1 aromatic heterocycles. The van der Waals surface area contributed by atoms with Crippen molar-refractivity contribution in [1.82, 2.24) is 15.6 Å². The van der Waals surface area contributed by atoms with Crippen LogP contribution in [0.2, 0.25) is 0 Å². The average molecular weight is 527 g/mol. The Kier molecular flexibility index (Phi) is 10.8. The maximum absolute atomic E-state index is 12.1. The smallest absolute Gasteiger partial charge is 0.191 e. The van der Waals surface area contributed by atoms with Gasteiger partial charge in [0.1, 0.15) is 0 Å². The highest BCUT2D eigenvalue weighted by Crippen LogP contribution is 2.24. The van der Waals surface area contributed by atoms with E-state index in [4.69, 9.17) is 4.98 Å². The number of halogens is 1. The van der Waals surface area contributed by atoms with Crippen molar-refractivity contribution < 1.29 is 4.21 Å². The van der Waals surface area contributed by atoms with Crippen molar-refractivity contribution >= 4 is 52.1 Å². The van der Waals surface area contributed by atoms with Gasteiger partial charge in [-0.15, -0.1) is 35.3 Å². The monoisotopic (exact) mass is 526 g/mol. The highest BCUT2D eigenvalue weighted by molar-refractivity contribution is 14.0. The summed E-state index contributed by atoms with van der Waals surface area (Å²) in [6.07, 6.45) is 5.22. The Labute approximate surface area is 188 Å². The predicted octanol–water partition coefficient (Wildman–Crippen LogP) is 3.85. The summed E-state index contributed by atoms with van der Waals surface area (Å²) in [5, 5.41) is 10.6. The third kappa shape index (κ3) is 7.97. The summed E-state index contributed by atoms with van der Waals surface area (Å²) in [5.74, 6) is 1.60. The van der Waals surface area contributed by atoms with Crippen molar-refractivity contribution in [3.05, 3.63) is 16.1 Å². The first kappa shape index (κ1) is 24.8. The van der Waals surface area contributed by atoms with Gasteiger partial charge in [-0.25, -0.2) is 4.98 Å². The van der Waals surface area contributed by atoms with E-state index in [1.807, 2.05) is 6.92 Å². The molecule has 0 aliphatic heterocycles. The first-order valence-corrected chi connectivity index (χ1v) is 11.9. The molecule has 0 amide bonds. The third-order valence-electron chi connectivity index (χ3n) is 4.80. The van der Waals surface area contributed by atoms with E-state index in [0.29, 0.717) is 11.3 Å². The second-order valence-corrected chi connectivity index (χ2v) is 10.9. The molecule has 0 aromatic carbocycles. The van der Waals surface area contributed by atoms with E-state index in [-0.39, 0.29) is 29.4 Å². The van der Waals surface area contributed by atoms with Crippen molar-refractivity contribution in [2.45, 2.75) is 76.5 Å². The molecule has 8 heteroatoms. The summed E-state index contributed by atoms with van der Waals surface area (Å²) < 4.78 is 12.1. The molecule has 2 N–H and O–H groups in total. The van der Waals surface area contributed by atoms with Crippen LogP contribution in [0.25, 0.3) is 0 Å². The van der Waals surface area contributed by atoms with E-state index in [1.54, 1.807) is 18.4 Å². The van der Waals surface area contributed by atoms with Crippen molar-refractivity contribution in [3.8, 4) is 0 Å². The average Bonchev–Trinajstić information content (AvgIpc) is 3.09. The first-order chi connectivity index (χ1) is 12.3. The summed E-state index contributed by atoms with van der Waals surface area (Å²) >= 11 is 1.73. The summed E-state index contributed by atoms with van der Waals surface area (Å²) in [5.41, 5.74) is 1.27. The largest absolute Gasteiger partial charge is 0.356 e. The molecule has 2 rings (SSSR count). The number of rotatable bonds is 6. The van der Waals surface area contributed by atoms with E-state index >= 15 is 0 Å². The highest BCUT2D eigenvalue weighted by Gasteiger charge is 2.26. The van der Waals surface area contributed by atoms with Crippen LogP contribution in [0, 0.1) is 0 Å². The van der Waals surface area contributed by atoms with Gasteiger partial charge in [-0.3, -0.25) is 9.20 Å². The molecule has 0 saturated heterocycles. The van der Waals surface area contributed by atoms with Crippen LogP contribution in [0.15, 0.2) is 10.4 Å². The molecule has 1 fully saturated rings. The zero-order chi connectivity index (χ0) is 19.2. The molecule has 0 radical (unpaired) electrons. The van der Waals surface area contributed by atoms with Crippen LogP contribution in [-0.2, 0) is 22.6 Å². The zero-order valence-electron chi connectivity index (χ0n) is 17.2. The molecule has 3 unspecified atom stereocenters. The molecule has 0 bridgehead atoms. The zero-order valence-corrected chi connectivity index (χ0v) is 21.2. The maximum atomic E-state index is 12.1. The second-order valence-electron chi connectivity index (χ2n) is 7.92. The molecule has 0 spiro atoms. The minimum Gasteiger partial charge on any atom is -0.356 e. The summed E-state index contributed by atoms with van der Waals surface area (Å²) in [6.45, 7) is 9.40. The van der Waals surface area contributed by atoms with Gasteiger partial charge < -0.3 is 10.6 Å². The van der Waals surface area contributed by atoms with E-state index in [2.05, 4.69) is 41.8 Å². The number of nitrogens with one attached hydrogen (secondary N) is 2. The topological polar surface area (TPSA) is 66.4 Å². The lowest BCUT2D eigenvalue weighted by Crippen LogP contribution is -2.47. The Hall–Kier alpha value is -0.220. The van der Waals surface area contributed by atoms with Gasteiger partial charge in [-0.2, -0.15) is 0 Å². The lowest BCUT2D eigenvalue weighted by molar-refractivity contribution is 0.413. The van der Waals surface area contributed by atoms with E-state index in [0.717, 1.165) is 61.1 Å². The number of aromatic nitrogens is 1. The number of guanidine groups is 1. The fourth-order valence-electron chi connectivity index (χ4n) is 3.20. The van der Waals surface area contributed by atoms with Gasteiger partial charge in [0.05, 0.1) is 10.7 Å². The van der Waals surface area contributed by atoms with Crippen LogP contribution in [0.4, 0.5) is 0 Å². The van der Waals surface area contributed by atoms with Crippen LogP contribution < -0.4 is 10.6 Å². The maximum Gasteiger partial charge on any atom is 0.191 e. The van der Waals surface area contributed by atoms with Crippen LogP contribution >= 0.6 is 35.3 Å². The van der Waals surface area contributed by atoms with Gasteiger partial charge in [-0.05, 0) is 19.3 Å². The third-order valence-corrected chi connectivity index (χ3v) is 7.45. The molecule has 3 atom stereocenters. The molecular formula is C19H35IN4OS2. The summed E-state index contributed by atoms with van der Waals surface area (Å²) in [4.78, 5) is 9.09. The highest BCUT2D eigenvalue weighted by atomic mass is 127. The Morgan fingerprint density at radius 1 is 1.41 bits per heavy atom. The summed E-state index contributed by atoms with van der Waals surface area (Å²) in [7, 11) is 1.11. The quantitative estimate of drug-likeness (QED) is 0.336. The number of hydrogen-bond donors (Lipinski definition) is 2. The second kappa shape index (κ2) is 11.7. The van der Waals surface area contributed by atoms with Gasteiger partial charge in [0.25, 0.3) is 0 Å². The Balaban J connectivity index is 0.00000364. The molecule has 156 valence electrons. The predicted molar refractivity (Wildman–Crippen MR) is 129 cm³/mol. The van der Waals surface area contributed by atoms with Crippen LogP contribution in [0.1, 0.15) is 64.1 Å². The molecule has 1 heterocycles. The molecule has 27 heavy (non-hydrogen) atoms. The van der Waals surface area contributed by atoms with E-state index < -0.39 is 10.8 Å². The Morgan fingerprint density at radius 3 is 2.74 bits per heavy atom. The van der Waals surface area contributed by atoms with Crippen LogP contribution in [-0.4, -0.2) is 45.8 Å². The molecule has 5 nitrogen and oxygen atoms in total. The molecule has 1 saturated carbocycles. The van der Waals surface area contributed by atoms with Gasteiger partial charge in [0.2, 0.25) is 0 Å². The number of hydrogen-bond acceptors (Lipinski definition) is 4. The van der Waals surface area contributed by atoms with E-state index in [1.165, 1.54) is 0 Å². The van der Waals surface area contributed by atoms with Gasteiger partial charge in [0, 0.05) is 58.7 Å². The SMILES string of the molecule is CCS(=O)C1CCCC(NC(=NC)NCCc2nc(C(C)(C)C)cs2)C1.I. The fraction of sp³-hybridized carbons (Fsp3) is 0.789.